The van der Waals surface area contributed by atoms with E-state index in [2.05, 4.69) is 48.1 Å². The molecule has 0 unspecified atom stereocenters. The van der Waals surface area contributed by atoms with Crippen LogP contribution in [-0.4, -0.2) is 16.6 Å². The van der Waals surface area contributed by atoms with Gasteiger partial charge in [-0.2, -0.15) is 0 Å². The fraction of sp³-hybridized carbons (Fsp3) is 0.190. The number of para-hydroxylation sites is 1. The molecule has 4 heteroatoms. The van der Waals surface area contributed by atoms with Crippen LogP contribution in [0.25, 0.3) is 17.8 Å². The minimum absolute atomic E-state index is 0.622. The van der Waals surface area contributed by atoms with E-state index < -0.39 is 0 Å². The highest BCUT2D eigenvalue weighted by atomic mass is 16.5. The number of fused-ring (bicyclic) bond motifs is 1. The summed E-state index contributed by atoms with van der Waals surface area (Å²) in [6.45, 7) is 6.78. The van der Waals surface area contributed by atoms with E-state index in [1.807, 2.05) is 31.2 Å². The summed E-state index contributed by atoms with van der Waals surface area (Å²) in [5.41, 5.74) is 4.39. The van der Waals surface area contributed by atoms with Crippen molar-refractivity contribution in [3.63, 3.8) is 0 Å². The van der Waals surface area contributed by atoms with Crippen molar-refractivity contribution in [1.29, 1.82) is 0 Å². The van der Waals surface area contributed by atoms with E-state index in [1.165, 1.54) is 5.56 Å². The van der Waals surface area contributed by atoms with Crippen molar-refractivity contribution in [2.24, 2.45) is 4.99 Å². The second kappa shape index (κ2) is 6.13. The molecule has 0 atom stereocenters. The van der Waals surface area contributed by atoms with Gasteiger partial charge in [-0.25, -0.2) is 4.99 Å². The molecule has 3 heterocycles. The number of rotatable bonds is 3. The Kier molecular flexibility index (Phi) is 3.80. The second-order valence-electron chi connectivity index (χ2n) is 6.29. The minimum Gasteiger partial charge on any atom is -0.492 e. The van der Waals surface area contributed by atoms with Crippen LogP contribution in [0.1, 0.15) is 23.9 Å². The van der Waals surface area contributed by atoms with Crippen molar-refractivity contribution >= 4 is 17.8 Å². The van der Waals surface area contributed by atoms with E-state index in [9.17, 15) is 0 Å². The molecular formula is C21H21N3O. The van der Waals surface area contributed by atoms with Crippen molar-refractivity contribution in [1.82, 2.24) is 9.97 Å². The number of ether oxygens (including phenoxy) is 1. The topological polar surface area (TPSA) is 53.2 Å². The Hall–Kier alpha value is -3.01. The molecule has 25 heavy (non-hydrogen) atoms. The molecule has 1 aliphatic rings. The van der Waals surface area contributed by atoms with Gasteiger partial charge in [0, 0.05) is 22.7 Å². The molecule has 0 spiro atoms. The van der Waals surface area contributed by atoms with E-state index >= 15 is 0 Å². The predicted octanol–water partition coefficient (Wildman–Crippen LogP) is 1.41. The lowest BCUT2D eigenvalue weighted by Crippen LogP contribution is -2.19. The molecule has 1 aliphatic heterocycles. The number of benzene rings is 1. The number of nitrogens with one attached hydrogen (secondary N) is 2. The molecule has 4 nitrogen and oxygen atoms in total. The molecule has 0 bridgehead atoms. The molecule has 126 valence electrons. The van der Waals surface area contributed by atoms with Gasteiger partial charge in [-0.1, -0.05) is 18.2 Å². The van der Waals surface area contributed by atoms with Crippen molar-refractivity contribution in [2.45, 2.75) is 20.8 Å². The SMILES string of the molecule is CCOc1c/c(=C2\C=c3ccccc3=N2)[nH]/c1=C\c1[nH]c(C)cc1C. The molecule has 0 saturated carbocycles. The monoisotopic (exact) mass is 331 g/mol. The Labute approximate surface area is 145 Å². The molecule has 0 saturated heterocycles. The standard InChI is InChI=1S/C21H21N3O/c1-4-25-21-12-19(18-10-15-7-5-6-8-16(15)23-18)24-20(21)11-17-13(2)9-14(3)22-17/h5-12,22,24H,4H2,1-3H3/b19-18-,20-11-. The average Bonchev–Trinajstić information content (AvgIpc) is 3.26. The fourth-order valence-corrected chi connectivity index (χ4v) is 3.17. The van der Waals surface area contributed by atoms with Gasteiger partial charge in [-0.05, 0) is 50.6 Å². The molecule has 0 amide bonds. The summed E-state index contributed by atoms with van der Waals surface area (Å²) in [6, 6.07) is 12.3. The first kappa shape index (κ1) is 15.5. The Morgan fingerprint density at radius 2 is 1.96 bits per heavy atom. The summed E-state index contributed by atoms with van der Waals surface area (Å²) in [7, 11) is 0. The zero-order chi connectivity index (χ0) is 17.4. The molecule has 3 aromatic rings. The first-order chi connectivity index (χ1) is 12.1. The van der Waals surface area contributed by atoms with Crippen molar-refractivity contribution < 1.29 is 4.74 Å². The Morgan fingerprint density at radius 1 is 1.12 bits per heavy atom. The molecule has 2 N–H and O–H groups in total. The number of H-pyrrole nitrogens is 2. The van der Waals surface area contributed by atoms with Crippen molar-refractivity contribution in [3.8, 4) is 5.75 Å². The summed E-state index contributed by atoms with van der Waals surface area (Å²) in [4.78, 5) is 11.6. The predicted molar refractivity (Wildman–Crippen MR) is 100 cm³/mol. The Balaban J connectivity index is 1.92. The molecule has 1 aromatic carbocycles. The third-order valence-electron chi connectivity index (χ3n) is 4.33. The van der Waals surface area contributed by atoms with Gasteiger partial charge in [-0.15, -0.1) is 0 Å². The quantitative estimate of drug-likeness (QED) is 0.749. The van der Waals surface area contributed by atoms with Crippen LogP contribution < -0.4 is 26.0 Å². The van der Waals surface area contributed by atoms with Gasteiger partial charge in [0.25, 0.3) is 0 Å². The summed E-state index contributed by atoms with van der Waals surface area (Å²) < 4.78 is 5.83. The minimum atomic E-state index is 0.622. The Morgan fingerprint density at radius 3 is 2.68 bits per heavy atom. The van der Waals surface area contributed by atoms with Crippen LogP contribution in [0.15, 0.2) is 41.4 Å². The third-order valence-corrected chi connectivity index (χ3v) is 4.33. The highest BCUT2D eigenvalue weighted by Crippen LogP contribution is 2.10. The molecule has 2 aromatic heterocycles. The normalized spacial score (nSPS) is 15.7. The second-order valence-corrected chi connectivity index (χ2v) is 6.29. The third kappa shape index (κ3) is 2.91. The lowest BCUT2D eigenvalue weighted by Gasteiger charge is -1.98. The largest absolute Gasteiger partial charge is 0.492 e. The Bertz CT molecular complexity index is 1140. The average molecular weight is 331 g/mol. The first-order valence-corrected chi connectivity index (χ1v) is 8.53. The highest BCUT2D eigenvalue weighted by molar-refractivity contribution is 5.76. The number of aromatic amines is 2. The number of aromatic nitrogens is 2. The summed E-state index contributed by atoms with van der Waals surface area (Å²) in [5.74, 6) is 0.844. The van der Waals surface area contributed by atoms with Crippen molar-refractivity contribution in [3.05, 3.63) is 74.6 Å². The number of aryl methyl sites for hydroxylation is 2. The van der Waals surface area contributed by atoms with Gasteiger partial charge >= 0.3 is 0 Å². The van der Waals surface area contributed by atoms with Gasteiger partial charge in [0.2, 0.25) is 0 Å². The molecule has 0 fully saturated rings. The maximum atomic E-state index is 5.83. The van der Waals surface area contributed by atoms with Gasteiger partial charge in [0.05, 0.1) is 28.4 Å². The van der Waals surface area contributed by atoms with E-state index in [0.717, 1.165) is 44.1 Å². The summed E-state index contributed by atoms with van der Waals surface area (Å²) in [6.07, 6.45) is 4.20. The smallest absolute Gasteiger partial charge is 0.144 e. The van der Waals surface area contributed by atoms with Crippen LogP contribution in [0.4, 0.5) is 0 Å². The molecule has 0 radical (unpaired) electrons. The number of hydrogen-bond acceptors (Lipinski definition) is 2. The van der Waals surface area contributed by atoms with E-state index in [-0.39, 0.29) is 0 Å². The van der Waals surface area contributed by atoms with Gasteiger partial charge in [-0.3, -0.25) is 0 Å². The lowest BCUT2D eigenvalue weighted by atomic mass is 10.2. The zero-order valence-electron chi connectivity index (χ0n) is 14.7. The first-order valence-electron chi connectivity index (χ1n) is 8.53. The zero-order valence-corrected chi connectivity index (χ0v) is 14.7. The fourth-order valence-electron chi connectivity index (χ4n) is 3.17. The van der Waals surface area contributed by atoms with E-state index in [4.69, 9.17) is 9.73 Å². The maximum Gasteiger partial charge on any atom is 0.144 e. The van der Waals surface area contributed by atoms with Gasteiger partial charge < -0.3 is 14.7 Å². The van der Waals surface area contributed by atoms with Crippen LogP contribution in [0, 0.1) is 13.8 Å². The highest BCUT2D eigenvalue weighted by Gasteiger charge is 2.07. The maximum absolute atomic E-state index is 5.83. The van der Waals surface area contributed by atoms with Gasteiger partial charge in [0.15, 0.2) is 0 Å². The van der Waals surface area contributed by atoms with Crippen LogP contribution in [0.3, 0.4) is 0 Å². The summed E-state index contributed by atoms with van der Waals surface area (Å²) >= 11 is 0. The number of hydrogen-bond donors (Lipinski definition) is 2. The lowest BCUT2D eigenvalue weighted by molar-refractivity contribution is 0.338. The molecule has 4 rings (SSSR count). The van der Waals surface area contributed by atoms with E-state index in [1.54, 1.807) is 0 Å². The van der Waals surface area contributed by atoms with Crippen molar-refractivity contribution in [2.75, 3.05) is 6.61 Å². The van der Waals surface area contributed by atoms with Crippen LogP contribution in [0.5, 0.6) is 5.75 Å². The van der Waals surface area contributed by atoms with Crippen LogP contribution in [0.2, 0.25) is 0 Å². The van der Waals surface area contributed by atoms with Gasteiger partial charge in [0.1, 0.15) is 5.75 Å². The summed E-state index contributed by atoms with van der Waals surface area (Å²) in [5, 5.41) is 4.07. The van der Waals surface area contributed by atoms with Crippen LogP contribution >= 0.6 is 0 Å². The van der Waals surface area contributed by atoms with Crippen LogP contribution in [-0.2, 0) is 0 Å². The molecule has 0 aliphatic carbocycles. The molecular weight excluding hydrogens is 310 g/mol. The number of nitrogens with zero attached hydrogens (tertiary/aromatic N) is 1. The van der Waals surface area contributed by atoms with E-state index in [0.29, 0.717) is 6.61 Å².